The van der Waals surface area contributed by atoms with E-state index in [-0.39, 0.29) is 0 Å². The van der Waals surface area contributed by atoms with E-state index in [1.165, 1.54) is 0 Å². The molecule has 0 aliphatic heterocycles. The van der Waals surface area contributed by atoms with Gasteiger partial charge in [-0.25, -0.2) is 4.98 Å². The second-order valence-corrected chi connectivity index (χ2v) is 5.03. The molecule has 2 rings (SSSR count). The molecule has 0 N–H and O–H groups in total. The number of aryl methyl sites for hydroxylation is 1. The van der Waals surface area contributed by atoms with Gasteiger partial charge in [0, 0.05) is 10.4 Å². The van der Waals surface area contributed by atoms with Gasteiger partial charge in [0.15, 0.2) is 0 Å². The molecule has 0 spiro atoms. The van der Waals surface area contributed by atoms with Crippen molar-refractivity contribution in [1.82, 2.24) is 4.98 Å². The fourth-order valence-corrected chi connectivity index (χ4v) is 2.27. The molecule has 0 saturated heterocycles. The van der Waals surface area contributed by atoms with E-state index in [9.17, 15) is 0 Å². The third-order valence-corrected chi connectivity index (χ3v) is 3.49. The zero-order valence-corrected chi connectivity index (χ0v) is 11.0. The molecule has 0 saturated carbocycles. The summed E-state index contributed by atoms with van der Waals surface area (Å²) in [7, 11) is 0. The molecule has 3 heteroatoms. The normalized spacial score (nSPS) is 11.4. The van der Waals surface area contributed by atoms with Crippen LogP contribution in [0.25, 0.3) is 10.9 Å². The van der Waals surface area contributed by atoms with Gasteiger partial charge in [-0.05, 0) is 36.1 Å². The Hall–Kier alpha value is -0.790. The molecular formula is C13H13Cl2N. The molecule has 1 aromatic heterocycles. The lowest BCUT2D eigenvalue weighted by Gasteiger charge is -2.10. The molecule has 0 aliphatic rings. The van der Waals surface area contributed by atoms with Crippen LogP contribution in [0.15, 0.2) is 18.2 Å². The Kier molecular flexibility index (Phi) is 3.09. The van der Waals surface area contributed by atoms with E-state index in [1.54, 1.807) is 0 Å². The maximum atomic E-state index is 6.17. The number of nitrogens with zero attached hydrogens (tertiary/aromatic N) is 1. The number of benzene rings is 1. The van der Waals surface area contributed by atoms with Crippen molar-refractivity contribution in [3.63, 3.8) is 0 Å². The van der Waals surface area contributed by atoms with E-state index in [0.717, 1.165) is 27.1 Å². The third-order valence-electron chi connectivity index (χ3n) is 2.78. The van der Waals surface area contributed by atoms with Crippen LogP contribution in [-0.2, 0) is 0 Å². The van der Waals surface area contributed by atoms with Crippen LogP contribution in [0.5, 0.6) is 0 Å². The van der Waals surface area contributed by atoms with Gasteiger partial charge in [-0.1, -0.05) is 43.1 Å². The van der Waals surface area contributed by atoms with Crippen molar-refractivity contribution in [2.75, 3.05) is 0 Å². The van der Waals surface area contributed by atoms with Crippen LogP contribution < -0.4 is 0 Å². The van der Waals surface area contributed by atoms with Crippen molar-refractivity contribution in [2.24, 2.45) is 0 Å². The first-order valence-corrected chi connectivity index (χ1v) is 6.01. The standard InChI is InChI=1S/C13H13Cl2N/c1-7(2)10-6-9-4-5-11(14)8(3)12(9)16-13(10)15/h4-7H,1-3H3. The van der Waals surface area contributed by atoms with Crippen LogP contribution in [0.4, 0.5) is 0 Å². The predicted molar refractivity (Wildman–Crippen MR) is 70.6 cm³/mol. The molecule has 0 fully saturated rings. The smallest absolute Gasteiger partial charge is 0.133 e. The highest BCUT2D eigenvalue weighted by atomic mass is 35.5. The van der Waals surface area contributed by atoms with E-state index >= 15 is 0 Å². The summed E-state index contributed by atoms with van der Waals surface area (Å²) in [4.78, 5) is 4.44. The van der Waals surface area contributed by atoms with Gasteiger partial charge in [0.1, 0.15) is 5.15 Å². The first-order chi connectivity index (χ1) is 7.50. The van der Waals surface area contributed by atoms with Gasteiger partial charge < -0.3 is 0 Å². The van der Waals surface area contributed by atoms with Crippen LogP contribution in [0.2, 0.25) is 10.2 Å². The van der Waals surface area contributed by atoms with Crippen LogP contribution in [0.1, 0.15) is 30.9 Å². The molecule has 2 aromatic rings. The monoisotopic (exact) mass is 253 g/mol. The van der Waals surface area contributed by atoms with Crippen molar-refractivity contribution < 1.29 is 0 Å². The van der Waals surface area contributed by atoms with Crippen LogP contribution in [0.3, 0.4) is 0 Å². The number of rotatable bonds is 1. The number of hydrogen-bond acceptors (Lipinski definition) is 1. The van der Waals surface area contributed by atoms with Gasteiger partial charge in [-0.3, -0.25) is 0 Å². The van der Waals surface area contributed by atoms with Crippen LogP contribution in [0, 0.1) is 6.92 Å². The lowest BCUT2D eigenvalue weighted by atomic mass is 10.0. The summed E-state index contributed by atoms with van der Waals surface area (Å²) in [5.74, 6) is 0.375. The SMILES string of the molecule is Cc1c(Cl)ccc2cc(C(C)C)c(Cl)nc12. The molecule has 0 bridgehead atoms. The average molecular weight is 254 g/mol. The summed E-state index contributed by atoms with van der Waals surface area (Å²) < 4.78 is 0. The van der Waals surface area contributed by atoms with Gasteiger partial charge in [0.25, 0.3) is 0 Å². The third kappa shape index (κ3) is 1.90. The maximum Gasteiger partial charge on any atom is 0.133 e. The quantitative estimate of drug-likeness (QED) is 0.654. The summed E-state index contributed by atoms with van der Waals surface area (Å²) >= 11 is 12.2. The van der Waals surface area contributed by atoms with E-state index < -0.39 is 0 Å². The van der Waals surface area contributed by atoms with E-state index in [2.05, 4.69) is 24.9 Å². The molecule has 1 heterocycles. The minimum absolute atomic E-state index is 0.375. The van der Waals surface area contributed by atoms with Gasteiger partial charge >= 0.3 is 0 Å². The average Bonchev–Trinajstić information content (AvgIpc) is 2.23. The number of hydrogen-bond donors (Lipinski definition) is 0. The van der Waals surface area contributed by atoms with Gasteiger partial charge in [-0.15, -0.1) is 0 Å². The lowest BCUT2D eigenvalue weighted by molar-refractivity contribution is 0.862. The topological polar surface area (TPSA) is 12.9 Å². The molecule has 1 aromatic carbocycles. The van der Waals surface area contributed by atoms with Gasteiger partial charge in [0.05, 0.1) is 5.52 Å². The van der Waals surface area contributed by atoms with Gasteiger partial charge in [0.2, 0.25) is 0 Å². The summed E-state index contributed by atoms with van der Waals surface area (Å²) in [5.41, 5.74) is 2.95. The fraction of sp³-hybridized carbons (Fsp3) is 0.308. The molecule has 0 radical (unpaired) electrons. The van der Waals surface area contributed by atoms with Crippen molar-refractivity contribution in [3.8, 4) is 0 Å². The maximum absolute atomic E-state index is 6.17. The summed E-state index contributed by atoms with van der Waals surface area (Å²) in [5, 5.41) is 2.40. The highest BCUT2D eigenvalue weighted by Gasteiger charge is 2.10. The molecule has 0 unspecified atom stereocenters. The number of halogens is 2. The van der Waals surface area contributed by atoms with E-state index in [0.29, 0.717) is 11.1 Å². The fourth-order valence-electron chi connectivity index (χ4n) is 1.76. The summed E-state index contributed by atoms with van der Waals surface area (Å²) in [6.45, 7) is 6.18. The lowest BCUT2D eigenvalue weighted by Crippen LogP contribution is -1.94. The predicted octanol–water partition coefficient (Wildman–Crippen LogP) is 4.97. The molecule has 0 amide bonds. The summed E-state index contributed by atoms with van der Waals surface area (Å²) in [6.07, 6.45) is 0. The van der Waals surface area contributed by atoms with Crippen molar-refractivity contribution >= 4 is 34.1 Å². The zero-order valence-electron chi connectivity index (χ0n) is 9.51. The Labute approximate surface area is 105 Å². The van der Waals surface area contributed by atoms with Crippen molar-refractivity contribution in [1.29, 1.82) is 0 Å². The highest BCUT2D eigenvalue weighted by Crippen LogP contribution is 2.30. The van der Waals surface area contributed by atoms with Gasteiger partial charge in [-0.2, -0.15) is 0 Å². The minimum atomic E-state index is 0.375. The second kappa shape index (κ2) is 4.23. The zero-order chi connectivity index (χ0) is 11.9. The molecule has 0 aliphatic carbocycles. The first-order valence-electron chi connectivity index (χ1n) is 5.26. The van der Waals surface area contributed by atoms with Crippen molar-refractivity contribution in [2.45, 2.75) is 26.7 Å². The van der Waals surface area contributed by atoms with Crippen molar-refractivity contribution in [3.05, 3.63) is 39.5 Å². The molecule has 84 valence electrons. The number of pyridine rings is 1. The Morgan fingerprint density at radius 2 is 1.88 bits per heavy atom. The van der Waals surface area contributed by atoms with Crippen LogP contribution in [-0.4, -0.2) is 4.98 Å². The molecule has 0 atom stereocenters. The highest BCUT2D eigenvalue weighted by molar-refractivity contribution is 6.32. The largest absolute Gasteiger partial charge is 0.235 e. The van der Waals surface area contributed by atoms with E-state index in [4.69, 9.17) is 23.2 Å². The summed E-state index contributed by atoms with van der Waals surface area (Å²) in [6, 6.07) is 5.98. The van der Waals surface area contributed by atoms with Crippen LogP contribution >= 0.6 is 23.2 Å². The minimum Gasteiger partial charge on any atom is -0.235 e. The Morgan fingerprint density at radius 3 is 2.50 bits per heavy atom. The Bertz CT molecular complexity index is 547. The van der Waals surface area contributed by atoms with E-state index in [1.807, 2.05) is 19.1 Å². The Morgan fingerprint density at radius 1 is 1.19 bits per heavy atom. The number of fused-ring (bicyclic) bond motifs is 1. The molecular weight excluding hydrogens is 241 g/mol. The Balaban J connectivity index is 2.79. The first kappa shape index (κ1) is 11.7. The number of aromatic nitrogens is 1. The second-order valence-electron chi connectivity index (χ2n) is 4.27. The molecule has 16 heavy (non-hydrogen) atoms. The molecule has 1 nitrogen and oxygen atoms in total.